The largest absolute Gasteiger partial charge is 0.465 e. The van der Waals surface area contributed by atoms with Crippen LogP contribution >= 0.6 is 11.6 Å². The number of H-pyrrole nitrogens is 1. The van der Waals surface area contributed by atoms with Crippen LogP contribution in [0.25, 0.3) is 22.4 Å². The number of nitrogens with one attached hydrogen (secondary N) is 2. The molecule has 0 radical (unpaired) electrons. The van der Waals surface area contributed by atoms with Gasteiger partial charge in [-0.15, -0.1) is 0 Å². The standard InChI is InChI=1S/C18H18ClFN6O2/c19-11-4-12-13(7-23-15(12)22-6-11)16-24-8-14(20)17(25-16)21-5-10-2-1-3-26(9-10)18(27)28/h4,6-8,10H,1-3,5,9H2,(H,22,23)(H,27,28)(H,21,24,25)/t10-/m1/s1. The molecular formula is C18H18ClFN6O2. The highest BCUT2D eigenvalue weighted by molar-refractivity contribution is 6.31. The quantitative estimate of drug-likeness (QED) is 0.613. The average Bonchev–Trinajstić information content (AvgIpc) is 3.10. The van der Waals surface area contributed by atoms with E-state index in [2.05, 4.69) is 25.3 Å². The number of pyridine rings is 1. The topological polar surface area (TPSA) is 107 Å². The predicted molar refractivity (Wildman–Crippen MR) is 103 cm³/mol. The fraction of sp³-hybridized carbons (Fsp3) is 0.333. The van der Waals surface area contributed by atoms with Gasteiger partial charge in [0, 0.05) is 43.0 Å². The average molecular weight is 405 g/mol. The van der Waals surface area contributed by atoms with Gasteiger partial charge in [0.1, 0.15) is 5.65 Å². The number of halogens is 2. The molecule has 3 aromatic rings. The van der Waals surface area contributed by atoms with Crippen LogP contribution in [0.5, 0.6) is 0 Å². The van der Waals surface area contributed by atoms with Gasteiger partial charge in [0.05, 0.1) is 11.2 Å². The summed E-state index contributed by atoms with van der Waals surface area (Å²) in [5.74, 6) is -0.0405. The van der Waals surface area contributed by atoms with Crippen molar-refractivity contribution in [1.29, 1.82) is 0 Å². The zero-order valence-electron chi connectivity index (χ0n) is 14.8. The van der Waals surface area contributed by atoms with Gasteiger partial charge >= 0.3 is 6.09 Å². The lowest BCUT2D eigenvalue weighted by Gasteiger charge is -2.30. The van der Waals surface area contributed by atoms with Crippen LogP contribution in [0.1, 0.15) is 12.8 Å². The van der Waals surface area contributed by atoms with Crippen LogP contribution in [0.15, 0.2) is 24.7 Å². The zero-order valence-corrected chi connectivity index (χ0v) is 15.6. The first-order chi connectivity index (χ1) is 13.5. The number of likely N-dealkylation sites (tertiary alicyclic amines) is 1. The van der Waals surface area contributed by atoms with Gasteiger partial charge in [-0.25, -0.2) is 24.1 Å². The summed E-state index contributed by atoms with van der Waals surface area (Å²) < 4.78 is 14.2. The number of rotatable bonds is 4. The van der Waals surface area contributed by atoms with Gasteiger partial charge in [-0.05, 0) is 24.8 Å². The molecule has 1 saturated heterocycles. The Bertz CT molecular complexity index is 1030. The van der Waals surface area contributed by atoms with Gasteiger partial charge in [0.25, 0.3) is 0 Å². The molecule has 4 rings (SSSR count). The molecule has 0 saturated carbocycles. The highest BCUT2D eigenvalue weighted by Gasteiger charge is 2.23. The molecule has 3 N–H and O–H groups in total. The van der Waals surface area contributed by atoms with Crippen molar-refractivity contribution >= 4 is 34.5 Å². The summed E-state index contributed by atoms with van der Waals surface area (Å²) >= 11 is 6.03. The first-order valence-electron chi connectivity index (χ1n) is 8.88. The van der Waals surface area contributed by atoms with E-state index in [9.17, 15) is 9.18 Å². The van der Waals surface area contributed by atoms with E-state index in [1.165, 1.54) is 11.1 Å². The molecule has 8 nitrogen and oxygen atoms in total. The van der Waals surface area contributed by atoms with Crippen molar-refractivity contribution in [3.63, 3.8) is 0 Å². The number of fused-ring (bicyclic) bond motifs is 1. The summed E-state index contributed by atoms with van der Waals surface area (Å²) in [6.45, 7) is 1.39. The summed E-state index contributed by atoms with van der Waals surface area (Å²) in [6, 6.07) is 1.75. The second kappa shape index (κ2) is 7.59. The van der Waals surface area contributed by atoms with Crippen LogP contribution in [0, 0.1) is 11.7 Å². The van der Waals surface area contributed by atoms with Gasteiger partial charge in [0.2, 0.25) is 0 Å². The maximum atomic E-state index is 14.2. The second-order valence-corrected chi connectivity index (χ2v) is 7.20. The summed E-state index contributed by atoms with van der Waals surface area (Å²) in [4.78, 5) is 28.2. The third kappa shape index (κ3) is 3.70. The van der Waals surface area contributed by atoms with E-state index in [4.69, 9.17) is 16.7 Å². The SMILES string of the molecule is O=C(O)N1CCC[C@H](CNc2nc(-c3c[nH]c4ncc(Cl)cc34)ncc2F)C1. The summed E-state index contributed by atoms with van der Waals surface area (Å²) in [5.41, 5.74) is 1.31. The zero-order chi connectivity index (χ0) is 19.7. The normalized spacial score (nSPS) is 17.1. The Labute approximate surface area is 164 Å². The van der Waals surface area contributed by atoms with E-state index in [1.807, 2.05) is 0 Å². The van der Waals surface area contributed by atoms with Crippen LogP contribution in [-0.2, 0) is 0 Å². The van der Waals surface area contributed by atoms with E-state index in [-0.39, 0.29) is 11.7 Å². The van der Waals surface area contributed by atoms with Gasteiger partial charge in [-0.1, -0.05) is 11.6 Å². The fourth-order valence-corrected chi connectivity index (χ4v) is 3.59. The monoisotopic (exact) mass is 404 g/mol. The molecule has 1 amide bonds. The molecule has 1 fully saturated rings. The lowest BCUT2D eigenvalue weighted by atomic mass is 9.98. The van der Waals surface area contributed by atoms with Crippen molar-refractivity contribution in [1.82, 2.24) is 24.8 Å². The van der Waals surface area contributed by atoms with Gasteiger partial charge in [-0.2, -0.15) is 0 Å². The maximum Gasteiger partial charge on any atom is 0.407 e. The van der Waals surface area contributed by atoms with Gasteiger partial charge in [0.15, 0.2) is 17.5 Å². The van der Waals surface area contributed by atoms with Crippen LogP contribution in [0.4, 0.5) is 15.0 Å². The minimum atomic E-state index is -0.924. The molecule has 0 bridgehead atoms. The van der Waals surface area contributed by atoms with Crippen molar-refractivity contribution in [2.45, 2.75) is 12.8 Å². The van der Waals surface area contributed by atoms with Crippen molar-refractivity contribution in [2.75, 3.05) is 25.0 Å². The van der Waals surface area contributed by atoms with Crippen LogP contribution in [0.2, 0.25) is 5.02 Å². The Balaban J connectivity index is 1.54. The molecule has 28 heavy (non-hydrogen) atoms. The Morgan fingerprint density at radius 2 is 2.29 bits per heavy atom. The molecule has 1 atom stereocenters. The number of hydrogen-bond acceptors (Lipinski definition) is 5. The lowest BCUT2D eigenvalue weighted by molar-refractivity contribution is 0.122. The lowest BCUT2D eigenvalue weighted by Crippen LogP contribution is -2.41. The summed E-state index contributed by atoms with van der Waals surface area (Å²) in [5, 5.41) is 13.4. The number of aromatic amines is 1. The highest BCUT2D eigenvalue weighted by atomic mass is 35.5. The van der Waals surface area contributed by atoms with Crippen molar-refractivity contribution in [3.05, 3.63) is 35.5 Å². The molecule has 10 heteroatoms. The predicted octanol–water partition coefficient (Wildman–Crippen LogP) is 3.61. The second-order valence-electron chi connectivity index (χ2n) is 6.76. The number of carboxylic acid groups (broad SMARTS) is 1. The number of nitrogens with zero attached hydrogens (tertiary/aromatic N) is 4. The molecule has 0 spiro atoms. The van der Waals surface area contributed by atoms with Gasteiger partial charge in [-0.3, -0.25) is 0 Å². The van der Waals surface area contributed by atoms with E-state index in [0.29, 0.717) is 41.7 Å². The van der Waals surface area contributed by atoms with E-state index in [0.717, 1.165) is 24.4 Å². The minimum absolute atomic E-state index is 0.0850. The number of aromatic nitrogens is 4. The van der Waals surface area contributed by atoms with Crippen molar-refractivity contribution in [2.24, 2.45) is 5.92 Å². The third-order valence-corrected chi connectivity index (χ3v) is 5.04. The van der Waals surface area contributed by atoms with Crippen LogP contribution in [0.3, 0.4) is 0 Å². The van der Waals surface area contributed by atoms with Crippen LogP contribution < -0.4 is 5.32 Å². The van der Waals surface area contributed by atoms with E-state index < -0.39 is 11.9 Å². The first kappa shape index (κ1) is 18.4. The number of anilines is 1. The number of piperidine rings is 1. The summed E-state index contributed by atoms with van der Waals surface area (Å²) in [7, 11) is 0. The Morgan fingerprint density at radius 1 is 1.43 bits per heavy atom. The first-order valence-corrected chi connectivity index (χ1v) is 9.26. The van der Waals surface area contributed by atoms with E-state index >= 15 is 0 Å². The Hall–Kier alpha value is -2.94. The minimum Gasteiger partial charge on any atom is -0.465 e. The molecular weight excluding hydrogens is 387 g/mol. The molecule has 4 heterocycles. The highest BCUT2D eigenvalue weighted by Crippen LogP contribution is 2.28. The molecule has 0 aromatic carbocycles. The smallest absolute Gasteiger partial charge is 0.407 e. The maximum absolute atomic E-state index is 14.2. The molecule has 0 unspecified atom stereocenters. The van der Waals surface area contributed by atoms with Gasteiger partial charge < -0.3 is 20.3 Å². The molecule has 1 aliphatic rings. The number of carbonyl (C=O) groups is 1. The van der Waals surface area contributed by atoms with E-state index in [1.54, 1.807) is 12.3 Å². The number of amides is 1. The Kier molecular flexibility index (Phi) is 4.99. The summed E-state index contributed by atoms with van der Waals surface area (Å²) in [6.07, 6.45) is 5.10. The molecule has 3 aromatic heterocycles. The third-order valence-electron chi connectivity index (χ3n) is 4.83. The van der Waals surface area contributed by atoms with Crippen molar-refractivity contribution < 1.29 is 14.3 Å². The van der Waals surface area contributed by atoms with Crippen molar-refractivity contribution in [3.8, 4) is 11.4 Å². The molecule has 0 aliphatic carbocycles. The number of hydrogen-bond donors (Lipinski definition) is 3. The Morgan fingerprint density at radius 3 is 3.11 bits per heavy atom. The van der Waals surface area contributed by atoms with Crippen LogP contribution in [-0.4, -0.2) is 55.7 Å². The fourth-order valence-electron chi connectivity index (χ4n) is 3.43. The molecule has 146 valence electrons. The molecule has 1 aliphatic heterocycles.